The van der Waals surface area contributed by atoms with E-state index in [-0.39, 0.29) is 17.3 Å². The first kappa shape index (κ1) is 28.2. The molecule has 3 rings (SSSR count). The molecule has 0 unspecified atom stereocenters. The molecule has 1 atom stereocenters. The molecule has 0 aliphatic rings. The fourth-order valence-electron chi connectivity index (χ4n) is 3.96. The number of aryl methyl sites for hydroxylation is 1. The second-order valence-electron chi connectivity index (χ2n) is 8.63. The highest BCUT2D eigenvalue weighted by atomic mass is 35.5. The van der Waals surface area contributed by atoms with E-state index in [9.17, 15) is 18.0 Å². The number of nitrogens with one attached hydrogen (secondary N) is 1. The van der Waals surface area contributed by atoms with Gasteiger partial charge in [-0.2, -0.15) is 0 Å². The highest BCUT2D eigenvalue weighted by Crippen LogP contribution is 2.25. The van der Waals surface area contributed by atoms with Crippen molar-refractivity contribution >= 4 is 39.1 Å². The molecule has 3 aromatic rings. The van der Waals surface area contributed by atoms with Crippen LogP contribution in [0.2, 0.25) is 5.02 Å². The van der Waals surface area contributed by atoms with E-state index >= 15 is 0 Å². The summed E-state index contributed by atoms with van der Waals surface area (Å²) in [5.41, 5.74) is 2.25. The summed E-state index contributed by atoms with van der Waals surface area (Å²) in [7, 11) is -4.11. The fraction of sp³-hybridized carbons (Fsp3) is 0.286. The first-order valence-corrected chi connectivity index (χ1v) is 13.9. The van der Waals surface area contributed by atoms with Crippen molar-refractivity contribution in [3.05, 3.63) is 95.0 Å². The quantitative estimate of drug-likeness (QED) is 0.378. The molecular formula is C28H32ClN3O4S. The number of sulfonamides is 1. The summed E-state index contributed by atoms with van der Waals surface area (Å²) in [5.74, 6) is -0.766. The highest BCUT2D eigenvalue weighted by molar-refractivity contribution is 7.92. The molecular weight excluding hydrogens is 510 g/mol. The van der Waals surface area contributed by atoms with Crippen LogP contribution in [0.25, 0.3) is 0 Å². The first-order chi connectivity index (χ1) is 17.7. The third-order valence-corrected chi connectivity index (χ3v) is 7.98. The van der Waals surface area contributed by atoms with Gasteiger partial charge < -0.3 is 10.2 Å². The third kappa shape index (κ3) is 7.11. The molecule has 0 heterocycles. The van der Waals surface area contributed by atoms with Gasteiger partial charge in [-0.3, -0.25) is 13.9 Å². The van der Waals surface area contributed by atoms with Crippen molar-refractivity contribution < 1.29 is 18.0 Å². The lowest BCUT2D eigenvalue weighted by molar-refractivity contribution is -0.140. The molecule has 0 bridgehead atoms. The normalized spacial score (nSPS) is 12.0. The Bertz CT molecular complexity index is 1300. The van der Waals surface area contributed by atoms with Crippen molar-refractivity contribution in [1.29, 1.82) is 0 Å². The SMILES string of the molecule is CCNC(=O)[C@@H](CC)N(Cc1ccc(C)cc1)C(=O)CN(c1ccccc1)S(=O)(=O)c1ccc(Cl)cc1. The van der Waals surface area contributed by atoms with E-state index in [0.717, 1.165) is 15.4 Å². The number of amides is 2. The summed E-state index contributed by atoms with van der Waals surface area (Å²) < 4.78 is 28.5. The van der Waals surface area contributed by atoms with Crippen molar-refractivity contribution in [2.45, 2.75) is 44.7 Å². The van der Waals surface area contributed by atoms with E-state index in [1.165, 1.54) is 29.2 Å². The van der Waals surface area contributed by atoms with Crippen LogP contribution in [0.1, 0.15) is 31.4 Å². The van der Waals surface area contributed by atoms with Crippen molar-refractivity contribution in [1.82, 2.24) is 10.2 Å². The van der Waals surface area contributed by atoms with Gasteiger partial charge in [-0.25, -0.2) is 8.42 Å². The van der Waals surface area contributed by atoms with Crippen LogP contribution in [0.15, 0.2) is 83.8 Å². The van der Waals surface area contributed by atoms with Crippen LogP contribution in [0.5, 0.6) is 0 Å². The molecule has 0 aliphatic carbocycles. The number of halogens is 1. The number of carbonyl (C=O) groups is 2. The summed E-state index contributed by atoms with van der Waals surface area (Å²) in [6.45, 7) is 5.72. The minimum absolute atomic E-state index is 0.00871. The summed E-state index contributed by atoms with van der Waals surface area (Å²) in [6, 6.07) is 21.2. The topological polar surface area (TPSA) is 86.8 Å². The largest absolute Gasteiger partial charge is 0.355 e. The zero-order valence-electron chi connectivity index (χ0n) is 21.2. The molecule has 0 spiro atoms. The van der Waals surface area contributed by atoms with E-state index in [1.807, 2.05) is 45.0 Å². The van der Waals surface area contributed by atoms with Crippen molar-refractivity contribution in [2.75, 3.05) is 17.4 Å². The second kappa shape index (κ2) is 12.7. The predicted molar refractivity (Wildman–Crippen MR) is 147 cm³/mol. The number of carbonyl (C=O) groups excluding carboxylic acids is 2. The van der Waals surface area contributed by atoms with Crippen molar-refractivity contribution in [3.63, 3.8) is 0 Å². The molecule has 196 valence electrons. The molecule has 0 radical (unpaired) electrons. The van der Waals surface area contributed by atoms with Gasteiger partial charge in [0.1, 0.15) is 12.6 Å². The van der Waals surface area contributed by atoms with E-state index in [0.29, 0.717) is 23.7 Å². The molecule has 3 aromatic carbocycles. The maximum atomic E-state index is 13.9. The molecule has 0 saturated carbocycles. The summed E-state index contributed by atoms with van der Waals surface area (Å²) in [6.07, 6.45) is 0.374. The first-order valence-electron chi connectivity index (χ1n) is 12.1. The number of nitrogens with zero attached hydrogens (tertiary/aromatic N) is 2. The van der Waals surface area contributed by atoms with E-state index in [4.69, 9.17) is 11.6 Å². The van der Waals surface area contributed by atoms with Gasteiger partial charge >= 0.3 is 0 Å². The monoisotopic (exact) mass is 541 g/mol. The molecule has 37 heavy (non-hydrogen) atoms. The van der Waals surface area contributed by atoms with Gasteiger partial charge in [0.2, 0.25) is 11.8 Å². The molecule has 9 heteroatoms. The molecule has 2 amide bonds. The minimum atomic E-state index is -4.11. The smallest absolute Gasteiger partial charge is 0.264 e. The highest BCUT2D eigenvalue weighted by Gasteiger charge is 2.33. The summed E-state index contributed by atoms with van der Waals surface area (Å²) >= 11 is 5.97. The van der Waals surface area contributed by atoms with Crippen LogP contribution < -0.4 is 9.62 Å². The van der Waals surface area contributed by atoms with Gasteiger partial charge in [0, 0.05) is 18.1 Å². The summed E-state index contributed by atoms with van der Waals surface area (Å²) in [4.78, 5) is 28.2. The summed E-state index contributed by atoms with van der Waals surface area (Å²) in [5, 5.41) is 3.20. The number of likely N-dealkylation sites (N-methyl/N-ethyl adjacent to an activating group) is 1. The number of hydrogen-bond acceptors (Lipinski definition) is 4. The Morgan fingerprint density at radius 1 is 0.919 bits per heavy atom. The maximum Gasteiger partial charge on any atom is 0.264 e. The van der Waals surface area contributed by atoms with Gasteiger partial charge in [-0.05, 0) is 62.2 Å². The van der Waals surface area contributed by atoms with Gasteiger partial charge in [-0.1, -0.05) is 66.6 Å². The molecule has 0 saturated heterocycles. The Kier molecular flexibility index (Phi) is 9.72. The molecule has 0 aromatic heterocycles. The van der Waals surface area contributed by atoms with Crippen molar-refractivity contribution in [3.8, 4) is 0 Å². The lowest BCUT2D eigenvalue weighted by atomic mass is 10.1. The molecule has 7 nitrogen and oxygen atoms in total. The third-order valence-electron chi connectivity index (χ3n) is 5.94. The minimum Gasteiger partial charge on any atom is -0.355 e. The second-order valence-corrected chi connectivity index (χ2v) is 10.9. The van der Waals surface area contributed by atoms with Crippen LogP contribution in [0, 0.1) is 6.92 Å². The average molecular weight is 542 g/mol. The van der Waals surface area contributed by atoms with E-state index in [1.54, 1.807) is 30.3 Å². The van der Waals surface area contributed by atoms with Crippen molar-refractivity contribution in [2.24, 2.45) is 0 Å². The van der Waals surface area contributed by atoms with E-state index < -0.39 is 28.5 Å². The number of rotatable bonds is 11. The number of hydrogen-bond donors (Lipinski definition) is 1. The van der Waals surface area contributed by atoms with Crippen LogP contribution in [0.3, 0.4) is 0 Å². The predicted octanol–water partition coefficient (Wildman–Crippen LogP) is 4.79. The van der Waals surface area contributed by atoms with Gasteiger partial charge in [0.05, 0.1) is 10.6 Å². The number of benzene rings is 3. The van der Waals surface area contributed by atoms with Crippen LogP contribution in [0.4, 0.5) is 5.69 Å². The molecule has 0 fully saturated rings. The Morgan fingerprint density at radius 2 is 1.54 bits per heavy atom. The Morgan fingerprint density at radius 3 is 2.11 bits per heavy atom. The molecule has 1 N–H and O–H groups in total. The molecule has 0 aliphatic heterocycles. The Labute approximate surface area is 224 Å². The van der Waals surface area contributed by atoms with Crippen LogP contribution in [-0.2, 0) is 26.2 Å². The van der Waals surface area contributed by atoms with Crippen LogP contribution in [-0.4, -0.2) is 44.3 Å². The van der Waals surface area contributed by atoms with Gasteiger partial charge in [0.25, 0.3) is 10.0 Å². The lowest BCUT2D eigenvalue weighted by Crippen LogP contribution is -2.52. The number of para-hydroxylation sites is 1. The lowest BCUT2D eigenvalue weighted by Gasteiger charge is -2.33. The fourth-order valence-corrected chi connectivity index (χ4v) is 5.50. The zero-order valence-corrected chi connectivity index (χ0v) is 22.8. The van der Waals surface area contributed by atoms with Crippen LogP contribution >= 0.6 is 11.6 Å². The number of anilines is 1. The van der Waals surface area contributed by atoms with Gasteiger partial charge in [-0.15, -0.1) is 0 Å². The maximum absolute atomic E-state index is 13.9. The Hall–Kier alpha value is -3.36. The van der Waals surface area contributed by atoms with Gasteiger partial charge in [0.15, 0.2) is 0 Å². The Balaban J connectivity index is 2.02. The average Bonchev–Trinajstić information content (AvgIpc) is 2.89. The zero-order chi connectivity index (χ0) is 27.0. The standard InChI is InChI=1S/C28H32ClN3O4S/c1-4-26(28(34)30-5-2)31(19-22-13-11-21(3)12-14-22)27(33)20-32(24-9-7-6-8-10-24)37(35,36)25-17-15-23(29)16-18-25/h6-18,26H,4-5,19-20H2,1-3H3,(H,30,34)/t26-/m1/s1. The van der Waals surface area contributed by atoms with E-state index in [2.05, 4.69) is 5.32 Å².